The van der Waals surface area contributed by atoms with E-state index >= 15 is 0 Å². The molecule has 0 fully saturated rings. The van der Waals surface area contributed by atoms with Crippen LogP contribution in [0.3, 0.4) is 0 Å². The van der Waals surface area contributed by atoms with Gasteiger partial charge in [-0.1, -0.05) is 6.07 Å². The fourth-order valence-corrected chi connectivity index (χ4v) is 1.64. The molecule has 0 unspecified atom stereocenters. The molecule has 0 spiro atoms. The lowest BCUT2D eigenvalue weighted by Crippen LogP contribution is -2.29. The van der Waals surface area contributed by atoms with E-state index in [1.54, 1.807) is 20.2 Å². The van der Waals surface area contributed by atoms with Crippen LogP contribution in [0.5, 0.6) is 0 Å². The first-order valence-electron chi connectivity index (χ1n) is 4.63. The van der Waals surface area contributed by atoms with E-state index in [0.717, 1.165) is 0 Å². The Bertz CT molecular complexity index is 333. The molecular weight excluding hydrogens is 212 g/mol. The second-order valence-electron chi connectivity index (χ2n) is 3.27. The van der Waals surface area contributed by atoms with E-state index in [-0.39, 0.29) is 11.8 Å². The number of hydrogen-bond acceptors (Lipinski definition) is 3. The molecule has 15 heavy (non-hydrogen) atoms. The van der Waals surface area contributed by atoms with Crippen LogP contribution in [0.25, 0.3) is 0 Å². The first-order chi connectivity index (χ1) is 7.11. The molecule has 0 aliphatic carbocycles. The van der Waals surface area contributed by atoms with Crippen molar-refractivity contribution in [2.45, 2.75) is 6.42 Å². The molecule has 1 aromatic rings. The third kappa shape index (κ3) is 3.71. The molecule has 0 aromatic carbocycles. The maximum Gasteiger partial charge on any atom is 0.261 e. The molecule has 0 atom stereocenters. The van der Waals surface area contributed by atoms with Gasteiger partial charge in [-0.2, -0.15) is 0 Å². The Balaban J connectivity index is 2.27. The highest BCUT2D eigenvalue weighted by molar-refractivity contribution is 7.12. The van der Waals surface area contributed by atoms with Crippen LogP contribution in [-0.2, 0) is 4.79 Å². The van der Waals surface area contributed by atoms with Gasteiger partial charge in [0, 0.05) is 27.1 Å². The lowest BCUT2D eigenvalue weighted by molar-refractivity contribution is -0.128. The molecule has 1 aromatic heterocycles. The number of carbonyl (C=O) groups is 2. The summed E-state index contributed by atoms with van der Waals surface area (Å²) in [4.78, 5) is 24.8. The van der Waals surface area contributed by atoms with Gasteiger partial charge < -0.3 is 10.2 Å². The zero-order valence-electron chi connectivity index (χ0n) is 8.82. The van der Waals surface area contributed by atoms with Gasteiger partial charge in [-0.25, -0.2) is 0 Å². The van der Waals surface area contributed by atoms with E-state index in [1.807, 2.05) is 11.4 Å². The van der Waals surface area contributed by atoms with Gasteiger partial charge in [0.05, 0.1) is 4.88 Å². The molecule has 1 rings (SSSR count). The highest BCUT2D eigenvalue weighted by atomic mass is 32.1. The minimum absolute atomic E-state index is 0.0153. The molecule has 2 amide bonds. The summed E-state index contributed by atoms with van der Waals surface area (Å²) in [6.45, 7) is 0.383. The second kappa shape index (κ2) is 5.50. The summed E-state index contributed by atoms with van der Waals surface area (Å²) in [6, 6.07) is 3.58. The predicted octanol–water partition coefficient (Wildman–Crippen LogP) is 0.956. The van der Waals surface area contributed by atoms with E-state index in [2.05, 4.69) is 5.32 Å². The van der Waals surface area contributed by atoms with Gasteiger partial charge in [-0.05, 0) is 11.4 Å². The largest absolute Gasteiger partial charge is 0.351 e. The Hall–Kier alpha value is -1.36. The van der Waals surface area contributed by atoms with Crippen molar-refractivity contribution in [2.75, 3.05) is 20.6 Å². The summed E-state index contributed by atoms with van der Waals surface area (Å²) >= 11 is 1.39. The van der Waals surface area contributed by atoms with Crippen molar-refractivity contribution < 1.29 is 9.59 Å². The Morgan fingerprint density at radius 3 is 2.73 bits per heavy atom. The number of rotatable bonds is 4. The van der Waals surface area contributed by atoms with E-state index in [9.17, 15) is 9.59 Å². The zero-order valence-corrected chi connectivity index (χ0v) is 9.63. The smallest absolute Gasteiger partial charge is 0.261 e. The Kier molecular flexibility index (Phi) is 4.30. The predicted molar refractivity (Wildman–Crippen MR) is 60.0 cm³/mol. The first-order valence-corrected chi connectivity index (χ1v) is 5.51. The van der Waals surface area contributed by atoms with Crippen molar-refractivity contribution in [1.82, 2.24) is 10.2 Å². The molecule has 0 saturated heterocycles. The highest BCUT2D eigenvalue weighted by Gasteiger charge is 2.07. The maximum absolute atomic E-state index is 11.4. The standard InChI is InChI=1S/C10H14N2O2S/c1-12(2)9(13)5-6-11-10(14)8-4-3-7-15-8/h3-4,7H,5-6H2,1-2H3,(H,11,14). The zero-order chi connectivity index (χ0) is 11.3. The molecule has 1 heterocycles. The van der Waals surface area contributed by atoms with Crippen molar-refractivity contribution in [2.24, 2.45) is 0 Å². The Morgan fingerprint density at radius 2 is 2.20 bits per heavy atom. The van der Waals surface area contributed by atoms with E-state index in [0.29, 0.717) is 17.8 Å². The summed E-state index contributed by atoms with van der Waals surface area (Å²) in [5.41, 5.74) is 0. The average molecular weight is 226 g/mol. The van der Waals surface area contributed by atoms with Crippen LogP contribution in [0.4, 0.5) is 0 Å². The Morgan fingerprint density at radius 1 is 1.47 bits per heavy atom. The van der Waals surface area contributed by atoms with Gasteiger partial charge in [-0.15, -0.1) is 11.3 Å². The molecule has 0 aliphatic rings. The highest BCUT2D eigenvalue weighted by Crippen LogP contribution is 2.07. The summed E-state index contributed by atoms with van der Waals surface area (Å²) in [7, 11) is 3.40. The van der Waals surface area contributed by atoms with Crippen LogP contribution in [0.1, 0.15) is 16.1 Å². The van der Waals surface area contributed by atoms with Gasteiger partial charge in [0.25, 0.3) is 5.91 Å². The van der Waals surface area contributed by atoms with Crippen molar-refractivity contribution in [3.8, 4) is 0 Å². The van der Waals surface area contributed by atoms with Crippen molar-refractivity contribution >= 4 is 23.2 Å². The molecule has 0 aliphatic heterocycles. The van der Waals surface area contributed by atoms with Crippen LogP contribution >= 0.6 is 11.3 Å². The van der Waals surface area contributed by atoms with Crippen LogP contribution in [0, 0.1) is 0 Å². The number of amides is 2. The molecule has 1 N–H and O–H groups in total. The molecule has 4 nitrogen and oxygen atoms in total. The molecular formula is C10H14N2O2S. The SMILES string of the molecule is CN(C)C(=O)CCNC(=O)c1cccs1. The van der Waals surface area contributed by atoms with E-state index in [4.69, 9.17) is 0 Å². The summed E-state index contributed by atoms with van der Waals surface area (Å²) in [5, 5.41) is 4.54. The third-order valence-electron chi connectivity index (χ3n) is 1.87. The number of nitrogens with one attached hydrogen (secondary N) is 1. The minimum Gasteiger partial charge on any atom is -0.351 e. The van der Waals surface area contributed by atoms with Gasteiger partial charge >= 0.3 is 0 Å². The first kappa shape index (κ1) is 11.7. The fourth-order valence-electron chi connectivity index (χ4n) is 1.00. The van der Waals surface area contributed by atoms with Gasteiger partial charge in [0.2, 0.25) is 5.91 Å². The monoisotopic (exact) mass is 226 g/mol. The summed E-state index contributed by atoms with van der Waals surface area (Å²) < 4.78 is 0. The average Bonchev–Trinajstić information content (AvgIpc) is 2.70. The van der Waals surface area contributed by atoms with Crippen LogP contribution in [0.2, 0.25) is 0 Å². The lowest BCUT2D eigenvalue weighted by Gasteiger charge is -2.09. The topological polar surface area (TPSA) is 49.4 Å². The normalized spacial score (nSPS) is 9.73. The Labute approximate surface area is 92.9 Å². The number of thiophene rings is 1. The van der Waals surface area contributed by atoms with Gasteiger partial charge in [0.1, 0.15) is 0 Å². The van der Waals surface area contributed by atoms with Crippen LogP contribution < -0.4 is 5.32 Å². The van der Waals surface area contributed by atoms with Crippen LogP contribution in [0.15, 0.2) is 17.5 Å². The quantitative estimate of drug-likeness (QED) is 0.831. The van der Waals surface area contributed by atoms with Gasteiger partial charge in [0.15, 0.2) is 0 Å². The van der Waals surface area contributed by atoms with E-state index in [1.165, 1.54) is 16.2 Å². The third-order valence-corrected chi connectivity index (χ3v) is 2.74. The van der Waals surface area contributed by atoms with E-state index < -0.39 is 0 Å². The molecule has 0 saturated carbocycles. The number of nitrogens with zero attached hydrogens (tertiary/aromatic N) is 1. The molecule has 5 heteroatoms. The number of carbonyl (C=O) groups excluding carboxylic acids is 2. The minimum atomic E-state index is -0.114. The maximum atomic E-state index is 11.4. The molecule has 0 bridgehead atoms. The summed E-state index contributed by atoms with van der Waals surface area (Å²) in [5.74, 6) is -0.0990. The van der Waals surface area contributed by atoms with Crippen LogP contribution in [-0.4, -0.2) is 37.4 Å². The van der Waals surface area contributed by atoms with Crippen molar-refractivity contribution in [1.29, 1.82) is 0 Å². The lowest BCUT2D eigenvalue weighted by atomic mass is 10.3. The van der Waals surface area contributed by atoms with Crippen molar-refractivity contribution in [3.05, 3.63) is 22.4 Å². The fraction of sp³-hybridized carbons (Fsp3) is 0.400. The number of hydrogen-bond donors (Lipinski definition) is 1. The summed E-state index contributed by atoms with van der Waals surface area (Å²) in [6.07, 6.45) is 0.337. The van der Waals surface area contributed by atoms with Gasteiger partial charge in [-0.3, -0.25) is 9.59 Å². The molecule has 82 valence electrons. The van der Waals surface area contributed by atoms with Crippen molar-refractivity contribution in [3.63, 3.8) is 0 Å². The molecule has 0 radical (unpaired) electrons. The second-order valence-corrected chi connectivity index (χ2v) is 4.22.